The molecule has 3 N–H and O–H groups in total. The van der Waals surface area contributed by atoms with E-state index < -0.39 is 0 Å². The molecule has 1 aliphatic heterocycles. The van der Waals surface area contributed by atoms with Crippen molar-refractivity contribution in [1.82, 2.24) is 10.2 Å². The fourth-order valence-corrected chi connectivity index (χ4v) is 3.91. The average molecular weight is 414 g/mol. The van der Waals surface area contributed by atoms with Crippen LogP contribution in [0, 0.1) is 0 Å². The number of methoxy groups -OCH3 is 3. The summed E-state index contributed by atoms with van der Waals surface area (Å²) in [6.07, 6.45) is 1.52. The molecule has 0 aliphatic carbocycles. The molecule has 2 unspecified atom stereocenters. The molecule has 0 radical (unpaired) electrons. The van der Waals surface area contributed by atoms with Crippen molar-refractivity contribution in [3.05, 3.63) is 53.6 Å². The van der Waals surface area contributed by atoms with Gasteiger partial charge < -0.3 is 25.3 Å². The molecule has 2 atom stereocenters. The minimum atomic E-state index is -0.268. The molecule has 1 saturated heterocycles. The Kier molecular flexibility index (Phi) is 7.54. The maximum Gasteiger partial charge on any atom is 0.234 e. The van der Waals surface area contributed by atoms with Crippen LogP contribution in [0.15, 0.2) is 42.5 Å². The number of nitrogens with zero attached hydrogens (tertiary/aromatic N) is 1. The molecule has 2 aromatic rings. The zero-order chi connectivity index (χ0) is 21.5. The van der Waals surface area contributed by atoms with Gasteiger partial charge in [0.05, 0.1) is 27.4 Å². The zero-order valence-corrected chi connectivity index (χ0v) is 17.9. The largest absolute Gasteiger partial charge is 0.497 e. The summed E-state index contributed by atoms with van der Waals surface area (Å²) in [6.45, 7) is 2.28. The molecule has 1 fully saturated rings. The monoisotopic (exact) mass is 413 g/mol. The lowest BCUT2D eigenvalue weighted by Gasteiger charge is -2.22. The van der Waals surface area contributed by atoms with Crippen LogP contribution in [0.5, 0.6) is 17.2 Å². The number of carbonyl (C=O) groups is 1. The smallest absolute Gasteiger partial charge is 0.234 e. The Balaban J connectivity index is 1.56. The first kappa shape index (κ1) is 21.9. The van der Waals surface area contributed by atoms with E-state index in [1.807, 2.05) is 42.5 Å². The number of nitrogens with two attached hydrogens (primary N) is 1. The number of ether oxygens (including phenoxy) is 3. The van der Waals surface area contributed by atoms with Crippen molar-refractivity contribution in [3.63, 3.8) is 0 Å². The third-order valence-electron chi connectivity index (χ3n) is 5.62. The van der Waals surface area contributed by atoms with Crippen molar-refractivity contribution >= 4 is 5.91 Å². The molecule has 30 heavy (non-hydrogen) atoms. The molecule has 7 nitrogen and oxygen atoms in total. The molecule has 0 saturated carbocycles. The van der Waals surface area contributed by atoms with Crippen molar-refractivity contribution in [2.45, 2.75) is 31.5 Å². The number of likely N-dealkylation sites (tertiary alicyclic amines) is 1. The highest BCUT2D eigenvalue weighted by molar-refractivity contribution is 5.80. The highest BCUT2D eigenvalue weighted by atomic mass is 16.5. The number of benzene rings is 2. The number of nitrogens with one attached hydrogen (secondary N) is 1. The number of hydrogen-bond donors (Lipinski definition) is 2. The van der Waals surface area contributed by atoms with Gasteiger partial charge in [-0.25, -0.2) is 0 Å². The first-order chi connectivity index (χ1) is 14.5. The summed E-state index contributed by atoms with van der Waals surface area (Å²) in [7, 11) is 4.91. The molecule has 0 spiro atoms. The van der Waals surface area contributed by atoms with Gasteiger partial charge >= 0.3 is 0 Å². The van der Waals surface area contributed by atoms with Crippen LogP contribution in [0.2, 0.25) is 0 Å². The summed E-state index contributed by atoms with van der Waals surface area (Å²) in [5, 5.41) is 3.55. The van der Waals surface area contributed by atoms with Crippen molar-refractivity contribution in [2.75, 3.05) is 34.4 Å². The fraction of sp³-hybridized carbons (Fsp3) is 0.435. The normalized spacial score (nSPS) is 18.9. The molecule has 162 valence electrons. The number of hydrogen-bond acceptors (Lipinski definition) is 6. The van der Waals surface area contributed by atoms with Gasteiger partial charge in [0.15, 0.2) is 11.5 Å². The Labute approximate surface area is 178 Å². The zero-order valence-electron chi connectivity index (χ0n) is 17.9. The second-order valence-corrected chi connectivity index (χ2v) is 7.51. The molecule has 1 aliphatic rings. The number of carbonyl (C=O) groups excluding carboxylic acids is 1. The van der Waals surface area contributed by atoms with Gasteiger partial charge in [-0.2, -0.15) is 0 Å². The van der Waals surface area contributed by atoms with Gasteiger partial charge in [-0.3, -0.25) is 9.69 Å². The van der Waals surface area contributed by atoms with E-state index in [0.29, 0.717) is 11.5 Å². The van der Waals surface area contributed by atoms with Gasteiger partial charge in [0, 0.05) is 25.7 Å². The Morgan fingerprint density at radius 3 is 2.37 bits per heavy atom. The standard InChI is InChI=1S/C23H31N3O4/c1-28-19-7-4-17(5-8-19)14-25-18-13-20(23(24)27)26(15-18)11-10-16-6-9-21(29-2)22(12-16)30-3/h4-9,12,18,20,25H,10-11,13-15H2,1-3H3,(H2,24,27). The average Bonchev–Trinajstić information content (AvgIpc) is 3.20. The van der Waals surface area contributed by atoms with Crippen LogP contribution < -0.4 is 25.3 Å². The van der Waals surface area contributed by atoms with Crippen LogP contribution in [-0.2, 0) is 17.8 Å². The van der Waals surface area contributed by atoms with E-state index in [-0.39, 0.29) is 18.0 Å². The predicted molar refractivity (Wildman–Crippen MR) is 116 cm³/mol. The first-order valence-corrected chi connectivity index (χ1v) is 10.1. The van der Waals surface area contributed by atoms with Crippen LogP contribution in [0.4, 0.5) is 0 Å². The summed E-state index contributed by atoms with van der Waals surface area (Å²) in [4.78, 5) is 14.2. The van der Waals surface area contributed by atoms with Crippen LogP contribution in [0.3, 0.4) is 0 Å². The molecule has 3 rings (SSSR count). The van der Waals surface area contributed by atoms with Gasteiger partial charge in [-0.05, 0) is 48.2 Å². The SMILES string of the molecule is COc1ccc(CNC2CC(C(N)=O)N(CCc3ccc(OC)c(OC)c3)C2)cc1. The van der Waals surface area contributed by atoms with E-state index in [0.717, 1.165) is 43.8 Å². The lowest BCUT2D eigenvalue weighted by molar-refractivity contribution is -0.122. The van der Waals surface area contributed by atoms with E-state index >= 15 is 0 Å². The Morgan fingerprint density at radius 2 is 1.73 bits per heavy atom. The highest BCUT2D eigenvalue weighted by Gasteiger charge is 2.35. The fourth-order valence-electron chi connectivity index (χ4n) is 3.91. The maximum absolute atomic E-state index is 12.0. The van der Waals surface area contributed by atoms with Crippen LogP contribution in [0.1, 0.15) is 17.5 Å². The summed E-state index contributed by atoms with van der Waals surface area (Å²) in [6, 6.07) is 13.9. The van der Waals surface area contributed by atoms with Gasteiger partial charge in [0.1, 0.15) is 5.75 Å². The molecule has 0 aromatic heterocycles. The highest BCUT2D eigenvalue weighted by Crippen LogP contribution is 2.28. The van der Waals surface area contributed by atoms with E-state index in [2.05, 4.69) is 10.2 Å². The molecule has 7 heteroatoms. The Morgan fingerprint density at radius 1 is 1.03 bits per heavy atom. The number of primary amides is 1. The number of amides is 1. The van der Waals surface area contributed by atoms with Crippen molar-refractivity contribution < 1.29 is 19.0 Å². The Hall–Kier alpha value is -2.77. The van der Waals surface area contributed by atoms with Crippen LogP contribution >= 0.6 is 0 Å². The first-order valence-electron chi connectivity index (χ1n) is 10.1. The van der Waals surface area contributed by atoms with E-state index in [1.54, 1.807) is 21.3 Å². The summed E-state index contributed by atoms with van der Waals surface area (Å²) >= 11 is 0. The maximum atomic E-state index is 12.0. The van der Waals surface area contributed by atoms with E-state index in [4.69, 9.17) is 19.9 Å². The third kappa shape index (κ3) is 5.43. The van der Waals surface area contributed by atoms with Gasteiger partial charge in [-0.1, -0.05) is 18.2 Å². The molecule has 0 bridgehead atoms. The summed E-state index contributed by atoms with van der Waals surface area (Å²) in [5.74, 6) is 1.99. The minimum absolute atomic E-state index is 0.218. The quantitative estimate of drug-likeness (QED) is 0.619. The van der Waals surface area contributed by atoms with Crippen molar-refractivity contribution in [3.8, 4) is 17.2 Å². The van der Waals surface area contributed by atoms with Gasteiger partial charge in [0.25, 0.3) is 0 Å². The number of rotatable bonds is 10. The molecule has 1 amide bonds. The lowest BCUT2D eigenvalue weighted by Crippen LogP contribution is -2.41. The summed E-state index contributed by atoms with van der Waals surface area (Å²) in [5.41, 5.74) is 7.99. The van der Waals surface area contributed by atoms with E-state index in [9.17, 15) is 4.79 Å². The minimum Gasteiger partial charge on any atom is -0.497 e. The molecule has 2 aromatic carbocycles. The van der Waals surface area contributed by atoms with Crippen LogP contribution in [-0.4, -0.2) is 57.3 Å². The van der Waals surface area contributed by atoms with E-state index in [1.165, 1.54) is 5.56 Å². The predicted octanol–water partition coefficient (Wildman–Crippen LogP) is 1.97. The van der Waals surface area contributed by atoms with Gasteiger partial charge in [-0.15, -0.1) is 0 Å². The topological polar surface area (TPSA) is 86.0 Å². The molecular formula is C23H31N3O4. The summed E-state index contributed by atoms with van der Waals surface area (Å²) < 4.78 is 15.9. The lowest BCUT2D eigenvalue weighted by atomic mass is 10.1. The second-order valence-electron chi connectivity index (χ2n) is 7.51. The van der Waals surface area contributed by atoms with Crippen molar-refractivity contribution in [1.29, 1.82) is 0 Å². The molecule has 1 heterocycles. The molecular weight excluding hydrogens is 382 g/mol. The Bertz CT molecular complexity index is 841. The van der Waals surface area contributed by atoms with Crippen LogP contribution in [0.25, 0.3) is 0 Å². The van der Waals surface area contributed by atoms with Crippen molar-refractivity contribution in [2.24, 2.45) is 5.73 Å². The second kappa shape index (κ2) is 10.3. The third-order valence-corrected chi connectivity index (χ3v) is 5.62. The van der Waals surface area contributed by atoms with Gasteiger partial charge in [0.2, 0.25) is 5.91 Å².